The largest absolute Gasteiger partial charge is 0.479 e. The Morgan fingerprint density at radius 2 is 2.26 bits per heavy atom. The van der Waals surface area contributed by atoms with E-state index < -0.39 is 12.1 Å². The van der Waals surface area contributed by atoms with Gasteiger partial charge in [0.15, 0.2) is 6.10 Å². The molecule has 0 aliphatic carbocycles. The molecular formula is C12H22N2O5. The predicted molar refractivity (Wildman–Crippen MR) is 67.9 cm³/mol. The van der Waals surface area contributed by atoms with Crippen LogP contribution in [0.15, 0.2) is 0 Å². The van der Waals surface area contributed by atoms with E-state index in [2.05, 4.69) is 5.32 Å². The standard InChI is InChI=1S/C12H22N2O5/c1-2-19-9-4-3-7-14(8-9)12(18)13-6-5-10(15)11(16)17/h9-10,15H,2-8H2,1H3,(H,13,18)(H,16,17). The Hall–Kier alpha value is -1.34. The van der Waals surface area contributed by atoms with E-state index in [1.165, 1.54) is 0 Å². The van der Waals surface area contributed by atoms with Gasteiger partial charge in [0.1, 0.15) is 0 Å². The lowest BCUT2D eigenvalue weighted by molar-refractivity contribution is -0.146. The third-order valence-electron chi connectivity index (χ3n) is 3.05. The number of likely N-dealkylation sites (tertiary alicyclic amines) is 1. The SMILES string of the molecule is CCOC1CCCN(C(=O)NCCC(O)C(=O)O)C1. The first-order valence-electron chi connectivity index (χ1n) is 6.59. The first kappa shape index (κ1) is 15.7. The highest BCUT2D eigenvalue weighted by Gasteiger charge is 2.23. The number of carbonyl (C=O) groups excluding carboxylic acids is 1. The molecule has 2 atom stereocenters. The van der Waals surface area contributed by atoms with Crippen molar-refractivity contribution in [2.24, 2.45) is 0 Å². The number of hydrogen-bond acceptors (Lipinski definition) is 4. The van der Waals surface area contributed by atoms with Crippen molar-refractivity contribution in [1.29, 1.82) is 0 Å². The minimum atomic E-state index is -1.43. The highest BCUT2D eigenvalue weighted by molar-refractivity contribution is 5.74. The van der Waals surface area contributed by atoms with Crippen LogP contribution in [-0.4, -0.2) is 65.6 Å². The van der Waals surface area contributed by atoms with Crippen molar-refractivity contribution in [3.63, 3.8) is 0 Å². The molecule has 0 bridgehead atoms. The predicted octanol–water partition coefficient (Wildman–Crippen LogP) is 0.0325. The number of aliphatic carboxylic acids is 1. The molecule has 0 spiro atoms. The van der Waals surface area contributed by atoms with Crippen LogP contribution in [0.25, 0.3) is 0 Å². The smallest absolute Gasteiger partial charge is 0.332 e. The minimum absolute atomic E-state index is 0.00377. The van der Waals surface area contributed by atoms with Crippen LogP contribution in [0.5, 0.6) is 0 Å². The Morgan fingerprint density at radius 1 is 1.53 bits per heavy atom. The molecule has 7 heteroatoms. The van der Waals surface area contributed by atoms with Crippen LogP contribution in [0, 0.1) is 0 Å². The van der Waals surface area contributed by atoms with E-state index >= 15 is 0 Å². The molecular weight excluding hydrogens is 252 g/mol. The highest BCUT2D eigenvalue weighted by Crippen LogP contribution is 2.13. The van der Waals surface area contributed by atoms with E-state index in [4.69, 9.17) is 14.9 Å². The fraction of sp³-hybridized carbons (Fsp3) is 0.833. The third kappa shape index (κ3) is 5.44. The fourth-order valence-corrected chi connectivity index (χ4v) is 2.05. The Morgan fingerprint density at radius 3 is 2.89 bits per heavy atom. The Labute approximate surface area is 112 Å². The molecule has 1 fully saturated rings. The van der Waals surface area contributed by atoms with E-state index in [0.717, 1.165) is 12.8 Å². The zero-order valence-corrected chi connectivity index (χ0v) is 11.2. The molecule has 2 unspecified atom stereocenters. The van der Waals surface area contributed by atoms with Crippen LogP contribution in [0.3, 0.4) is 0 Å². The van der Waals surface area contributed by atoms with E-state index in [1.54, 1.807) is 4.90 Å². The van der Waals surface area contributed by atoms with E-state index in [-0.39, 0.29) is 25.1 Å². The average Bonchev–Trinajstić information content (AvgIpc) is 2.39. The topological polar surface area (TPSA) is 99.1 Å². The number of rotatable bonds is 6. The molecule has 3 N–H and O–H groups in total. The second kappa shape index (κ2) is 7.96. The van der Waals surface area contributed by atoms with E-state index in [0.29, 0.717) is 19.7 Å². The van der Waals surface area contributed by atoms with Gasteiger partial charge in [0.2, 0.25) is 0 Å². The van der Waals surface area contributed by atoms with Crippen molar-refractivity contribution in [3.8, 4) is 0 Å². The van der Waals surface area contributed by atoms with Gasteiger partial charge >= 0.3 is 12.0 Å². The van der Waals surface area contributed by atoms with Crippen LogP contribution < -0.4 is 5.32 Å². The number of carboxylic acid groups (broad SMARTS) is 1. The van der Waals surface area contributed by atoms with Crippen molar-refractivity contribution >= 4 is 12.0 Å². The van der Waals surface area contributed by atoms with Crippen molar-refractivity contribution in [2.75, 3.05) is 26.2 Å². The molecule has 0 aromatic heterocycles. The van der Waals surface area contributed by atoms with Crippen LogP contribution in [-0.2, 0) is 9.53 Å². The summed E-state index contributed by atoms with van der Waals surface area (Å²) in [7, 11) is 0. The van der Waals surface area contributed by atoms with Crippen LogP contribution in [0.4, 0.5) is 4.79 Å². The number of carboxylic acids is 1. The minimum Gasteiger partial charge on any atom is -0.479 e. The molecule has 0 saturated carbocycles. The fourth-order valence-electron chi connectivity index (χ4n) is 2.05. The Balaban J connectivity index is 2.27. The van der Waals surface area contributed by atoms with Crippen molar-refractivity contribution in [2.45, 2.75) is 38.4 Å². The third-order valence-corrected chi connectivity index (χ3v) is 3.05. The molecule has 0 aromatic carbocycles. The number of aliphatic hydroxyl groups excluding tert-OH is 1. The Bertz CT molecular complexity index is 308. The molecule has 19 heavy (non-hydrogen) atoms. The van der Waals surface area contributed by atoms with Crippen LogP contribution >= 0.6 is 0 Å². The summed E-state index contributed by atoms with van der Waals surface area (Å²) in [6.07, 6.45) is 0.501. The maximum absolute atomic E-state index is 11.8. The molecule has 2 amide bonds. The van der Waals surface area contributed by atoms with Crippen molar-refractivity contribution in [1.82, 2.24) is 10.2 Å². The summed E-state index contributed by atoms with van der Waals surface area (Å²) >= 11 is 0. The van der Waals surface area contributed by atoms with Gasteiger partial charge in [-0.25, -0.2) is 9.59 Å². The molecule has 1 rings (SSSR count). The quantitative estimate of drug-likeness (QED) is 0.635. The number of urea groups is 1. The maximum atomic E-state index is 11.8. The highest BCUT2D eigenvalue weighted by atomic mass is 16.5. The van der Waals surface area contributed by atoms with Gasteiger partial charge < -0.3 is 25.2 Å². The molecule has 1 heterocycles. The first-order valence-corrected chi connectivity index (χ1v) is 6.59. The second-order valence-corrected chi connectivity index (χ2v) is 4.54. The molecule has 7 nitrogen and oxygen atoms in total. The molecule has 110 valence electrons. The monoisotopic (exact) mass is 274 g/mol. The summed E-state index contributed by atoms with van der Waals surface area (Å²) in [6, 6.07) is -0.234. The molecule has 1 aliphatic heterocycles. The number of nitrogens with one attached hydrogen (secondary N) is 1. The van der Waals surface area contributed by atoms with Crippen molar-refractivity contribution < 1.29 is 24.5 Å². The normalized spacial score (nSPS) is 20.9. The lowest BCUT2D eigenvalue weighted by Crippen LogP contribution is -2.48. The Kier molecular flexibility index (Phi) is 6.58. The van der Waals surface area contributed by atoms with Crippen LogP contribution in [0.1, 0.15) is 26.2 Å². The zero-order valence-electron chi connectivity index (χ0n) is 11.2. The molecule has 0 radical (unpaired) electrons. The number of amides is 2. The number of hydrogen-bond donors (Lipinski definition) is 3. The first-order chi connectivity index (χ1) is 9.04. The summed E-state index contributed by atoms with van der Waals surface area (Å²) < 4.78 is 5.50. The van der Waals surface area contributed by atoms with Gasteiger partial charge in [0.25, 0.3) is 0 Å². The lowest BCUT2D eigenvalue weighted by atomic mass is 10.1. The lowest BCUT2D eigenvalue weighted by Gasteiger charge is -2.32. The number of ether oxygens (including phenoxy) is 1. The number of carbonyl (C=O) groups is 2. The number of aliphatic hydroxyl groups is 1. The van der Waals surface area contributed by atoms with Gasteiger partial charge in [-0.1, -0.05) is 0 Å². The number of piperidine rings is 1. The van der Waals surface area contributed by atoms with Gasteiger partial charge in [-0.2, -0.15) is 0 Å². The van der Waals surface area contributed by atoms with Crippen LogP contribution in [0.2, 0.25) is 0 Å². The zero-order chi connectivity index (χ0) is 14.3. The number of nitrogens with zero attached hydrogens (tertiary/aromatic N) is 1. The summed E-state index contributed by atoms with van der Waals surface area (Å²) in [5.41, 5.74) is 0. The van der Waals surface area contributed by atoms with Gasteiger partial charge in [-0.05, 0) is 19.8 Å². The summed E-state index contributed by atoms with van der Waals surface area (Å²) in [4.78, 5) is 23.9. The van der Waals surface area contributed by atoms with Gasteiger partial charge in [-0.3, -0.25) is 0 Å². The molecule has 0 aromatic rings. The summed E-state index contributed by atoms with van der Waals surface area (Å²) in [5, 5.41) is 20.2. The summed E-state index contributed by atoms with van der Waals surface area (Å²) in [6.45, 7) is 3.93. The summed E-state index contributed by atoms with van der Waals surface area (Å²) in [5.74, 6) is -1.27. The van der Waals surface area contributed by atoms with E-state index in [1.807, 2.05) is 6.92 Å². The maximum Gasteiger partial charge on any atom is 0.332 e. The average molecular weight is 274 g/mol. The molecule has 1 saturated heterocycles. The van der Waals surface area contributed by atoms with Gasteiger partial charge in [-0.15, -0.1) is 0 Å². The van der Waals surface area contributed by atoms with Crippen molar-refractivity contribution in [3.05, 3.63) is 0 Å². The van der Waals surface area contributed by atoms with Gasteiger partial charge in [0.05, 0.1) is 6.10 Å². The van der Waals surface area contributed by atoms with Gasteiger partial charge in [0, 0.05) is 32.7 Å². The van der Waals surface area contributed by atoms with E-state index in [9.17, 15) is 9.59 Å². The second-order valence-electron chi connectivity index (χ2n) is 4.54. The molecule has 1 aliphatic rings.